The SMILES string of the molecule is CC/C=C\C/C=C\C/C=C\C/C=C\C/C=C\CCCCCCCCCCCC(=O)NC(COC1OC(CO)C(OC2OC(CO)C(OC3OC(CO)C(O)C(O)C3O)C(O)C2O)C(O)C1O)C(O)/C=C/CCCCCCCCCCCCCCC. The molecule has 3 rings (SSSR count). The van der Waals surface area contributed by atoms with E-state index in [1.165, 1.54) is 89.9 Å². The molecule has 17 atom stereocenters. The van der Waals surface area contributed by atoms with E-state index in [0.717, 1.165) is 89.9 Å². The molecule has 0 aromatic heterocycles. The molecule has 0 aliphatic carbocycles. The Kier molecular flexibility index (Phi) is 43.3. The highest BCUT2D eigenvalue weighted by Gasteiger charge is 2.53. The standard InChI is InChI=1S/C66H115NO18/c1-3-5-7-9-11-13-15-17-19-20-21-22-23-24-25-26-27-28-30-32-34-36-38-40-42-44-54(72)67-49(50(71)43-41-39-37-35-33-31-29-18-16-14-12-10-8-6-4-2)48-80-64-60(78)57(75)62(52(46-69)82-64)85-66-61(79)58(76)63(53(47-70)83-66)84-65-59(77)56(74)55(73)51(45-68)81-65/h5,7,11,13,17,19,21-22,24-25,41,43,49-53,55-66,68-71,73-79H,3-4,6,8-10,12,14-16,18,20,23,26-40,42,44-48H2,1-2H3,(H,67,72)/b7-5-,13-11-,19-17-,22-21-,25-24-,43-41+. The van der Waals surface area contributed by atoms with Crippen LogP contribution in [0.3, 0.4) is 0 Å². The van der Waals surface area contributed by atoms with Crippen LogP contribution in [0.25, 0.3) is 0 Å². The number of carbonyl (C=O) groups is 1. The van der Waals surface area contributed by atoms with Crippen molar-refractivity contribution in [3.8, 4) is 0 Å². The van der Waals surface area contributed by atoms with Crippen LogP contribution in [0.15, 0.2) is 72.9 Å². The fourth-order valence-corrected chi connectivity index (χ4v) is 10.7. The number of nitrogens with one attached hydrogen (secondary N) is 1. The van der Waals surface area contributed by atoms with Crippen LogP contribution < -0.4 is 5.32 Å². The van der Waals surface area contributed by atoms with E-state index >= 15 is 0 Å². The molecular formula is C66H115NO18. The van der Waals surface area contributed by atoms with E-state index in [0.29, 0.717) is 6.42 Å². The van der Waals surface area contributed by atoms with Gasteiger partial charge in [-0.3, -0.25) is 4.79 Å². The monoisotopic (exact) mass is 1210 g/mol. The highest BCUT2D eigenvalue weighted by molar-refractivity contribution is 5.76. The molecular weight excluding hydrogens is 1090 g/mol. The van der Waals surface area contributed by atoms with Crippen molar-refractivity contribution in [2.75, 3.05) is 26.4 Å². The zero-order chi connectivity index (χ0) is 61.9. The molecule has 0 aromatic rings. The maximum Gasteiger partial charge on any atom is 0.220 e. The lowest BCUT2D eigenvalue weighted by Crippen LogP contribution is -2.66. The fraction of sp³-hybridized carbons (Fsp3) is 0.803. The first-order chi connectivity index (χ1) is 41.3. The van der Waals surface area contributed by atoms with Crippen LogP contribution in [0.2, 0.25) is 0 Å². The molecule has 17 unspecified atom stereocenters. The van der Waals surface area contributed by atoms with Crippen LogP contribution in [0.5, 0.6) is 0 Å². The van der Waals surface area contributed by atoms with Crippen LogP contribution in [0.4, 0.5) is 0 Å². The van der Waals surface area contributed by atoms with Crippen molar-refractivity contribution in [1.29, 1.82) is 0 Å². The Morgan fingerprint density at radius 3 is 1.27 bits per heavy atom. The number of aliphatic hydroxyl groups excluding tert-OH is 11. The molecule has 1 amide bonds. The molecule has 3 heterocycles. The number of rotatable bonds is 48. The molecule has 19 heteroatoms. The minimum Gasteiger partial charge on any atom is -0.394 e. The summed E-state index contributed by atoms with van der Waals surface area (Å²) in [6.07, 6.45) is 31.5. The molecule has 3 fully saturated rings. The lowest BCUT2D eigenvalue weighted by Gasteiger charge is -2.48. The number of aliphatic hydroxyl groups is 11. The van der Waals surface area contributed by atoms with E-state index < -0.39 is 124 Å². The predicted molar refractivity (Wildman–Crippen MR) is 328 cm³/mol. The number of hydrogen-bond acceptors (Lipinski definition) is 18. The Labute approximate surface area is 508 Å². The summed E-state index contributed by atoms with van der Waals surface area (Å²) >= 11 is 0. The van der Waals surface area contributed by atoms with Crippen molar-refractivity contribution in [2.45, 2.75) is 311 Å². The quantitative estimate of drug-likeness (QED) is 0.0209. The fourth-order valence-electron chi connectivity index (χ4n) is 10.7. The van der Waals surface area contributed by atoms with E-state index in [2.05, 4.69) is 79.9 Å². The van der Waals surface area contributed by atoms with Crippen LogP contribution in [0, 0.1) is 0 Å². The second kappa shape index (κ2) is 48.1. The Bertz CT molecular complexity index is 1830. The van der Waals surface area contributed by atoms with Crippen LogP contribution in [0.1, 0.15) is 206 Å². The molecule has 0 saturated carbocycles. The summed E-state index contributed by atoms with van der Waals surface area (Å²) in [5, 5.41) is 120. The lowest BCUT2D eigenvalue weighted by molar-refractivity contribution is -0.379. The first-order valence-corrected chi connectivity index (χ1v) is 32.7. The molecule has 3 aliphatic heterocycles. The van der Waals surface area contributed by atoms with E-state index in [-0.39, 0.29) is 18.9 Å². The molecule has 3 aliphatic rings. The molecule has 0 spiro atoms. The first kappa shape index (κ1) is 76.5. The van der Waals surface area contributed by atoms with Crippen molar-refractivity contribution in [3.05, 3.63) is 72.9 Å². The number of unbranched alkanes of at least 4 members (excludes halogenated alkanes) is 22. The van der Waals surface area contributed by atoms with Gasteiger partial charge >= 0.3 is 0 Å². The van der Waals surface area contributed by atoms with Gasteiger partial charge in [-0.2, -0.15) is 0 Å². The summed E-state index contributed by atoms with van der Waals surface area (Å²) in [6.45, 7) is 1.60. The maximum absolute atomic E-state index is 13.4. The summed E-state index contributed by atoms with van der Waals surface area (Å²) in [4.78, 5) is 13.4. The maximum atomic E-state index is 13.4. The zero-order valence-electron chi connectivity index (χ0n) is 51.6. The third-order valence-corrected chi connectivity index (χ3v) is 16.0. The van der Waals surface area contributed by atoms with Crippen molar-refractivity contribution < 1.29 is 89.4 Å². The summed E-state index contributed by atoms with van der Waals surface area (Å²) in [5.41, 5.74) is 0. The van der Waals surface area contributed by atoms with Crippen molar-refractivity contribution in [1.82, 2.24) is 5.32 Å². The number of allylic oxidation sites excluding steroid dienone is 11. The summed E-state index contributed by atoms with van der Waals surface area (Å²) in [6, 6.07) is -0.980. The van der Waals surface area contributed by atoms with Crippen LogP contribution >= 0.6 is 0 Å². The summed E-state index contributed by atoms with van der Waals surface area (Å²) < 4.78 is 34.3. The van der Waals surface area contributed by atoms with Gasteiger partial charge in [0.25, 0.3) is 0 Å². The minimum absolute atomic E-state index is 0.232. The van der Waals surface area contributed by atoms with Gasteiger partial charge in [0.15, 0.2) is 18.9 Å². The van der Waals surface area contributed by atoms with E-state index in [9.17, 15) is 61.0 Å². The minimum atomic E-state index is -1.98. The Morgan fingerprint density at radius 2 is 0.812 bits per heavy atom. The van der Waals surface area contributed by atoms with Crippen molar-refractivity contribution >= 4 is 5.91 Å². The average molecular weight is 1210 g/mol. The van der Waals surface area contributed by atoms with Gasteiger partial charge in [-0.1, -0.05) is 209 Å². The Hall–Kier alpha value is -2.77. The first-order valence-electron chi connectivity index (χ1n) is 32.7. The normalized spacial score (nSPS) is 29.4. The molecule has 3 saturated heterocycles. The van der Waals surface area contributed by atoms with Crippen molar-refractivity contribution in [3.63, 3.8) is 0 Å². The smallest absolute Gasteiger partial charge is 0.220 e. The molecule has 12 N–H and O–H groups in total. The molecule has 492 valence electrons. The molecule has 0 bridgehead atoms. The van der Waals surface area contributed by atoms with E-state index in [1.807, 2.05) is 6.08 Å². The second-order valence-electron chi connectivity index (χ2n) is 23.2. The Morgan fingerprint density at radius 1 is 0.435 bits per heavy atom. The van der Waals surface area contributed by atoms with Crippen LogP contribution in [-0.4, -0.2) is 193 Å². The van der Waals surface area contributed by atoms with Gasteiger partial charge < -0.3 is 89.9 Å². The highest BCUT2D eigenvalue weighted by Crippen LogP contribution is 2.33. The largest absolute Gasteiger partial charge is 0.394 e. The summed E-state index contributed by atoms with van der Waals surface area (Å²) in [7, 11) is 0. The topological polar surface area (TPSA) is 307 Å². The zero-order valence-corrected chi connectivity index (χ0v) is 51.6. The second-order valence-corrected chi connectivity index (χ2v) is 23.2. The van der Waals surface area contributed by atoms with Crippen molar-refractivity contribution in [2.24, 2.45) is 0 Å². The molecule has 19 nitrogen and oxygen atoms in total. The average Bonchev–Trinajstić information content (AvgIpc) is 3.63. The number of ether oxygens (including phenoxy) is 6. The van der Waals surface area contributed by atoms with Gasteiger partial charge in [0, 0.05) is 6.42 Å². The number of hydrogen-bond donors (Lipinski definition) is 12. The summed E-state index contributed by atoms with van der Waals surface area (Å²) in [5.74, 6) is -0.285. The lowest BCUT2D eigenvalue weighted by atomic mass is 9.96. The van der Waals surface area contributed by atoms with Gasteiger partial charge in [-0.15, -0.1) is 0 Å². The van der Waals surface area contributed by atoms with Gasteiger partial charge in [-0.25, -0.2) is 0 Å². The van der Waals surface area contributed by atoms with Gasteiger partial charge in [-0.05, 0) is 64.2 Å². The van der Waals surface area contributed by atoms with Gasteiger partial charge in [0.05, 0.1) is 38.6 Å². The Balaban J connectivity index is 1.45. The third kappa shape index (κ3) is 31.0. The highest BCUT2D eigenvalue weighted by atomic mass is 16.8. The molecule has 85 heavy (non-hydrogen) atoms. The van der Waals surface area contributed by atoms with E-state index in [4.69, 9.17) is 28.4 Å². The van der Waals surface area contributed by atoms with E-state index in [1.54, 1.807) is 6.08 Å². The molecule has 0 radical (unpaired) electrons. The van der Waals surface area contributed by atoms with Gasteiger partial charge in [0.2, 0.25) is 5.91 Å². The van der Waals surface area contributed by atoms with Crippen LogP contribution in [-0.2, 0) is 33.2 Å². The predicted octanol–water partition coefficient (Wildman–Crippen LogP) is 7.38. The van der Waals surface area contributed by atoms with Gasteiger partial charge in [0.1, 0.15) is 73.2 Å². The third-order valence-electron chi connectivity index (χ3n) is 16.0. The number of carbonyl (C=O) groups excluding carboxylic acids is 1. The molecule has 0 aromatic carbocycles. The number of amides is 1.